The molecular formula is C42H56N20O29P5S+. The minimum atomic E-state index is -6.16. The van der Waals surface area contributed by atoms with Crippen molar-refractivity contribution >= 4 is 119 Å². The minimum Gasteiger partial charge on any atom is -0.390 e. The molecule has 55 heteroatoms. The molecule has 21 atom stereocenters. The molecule has 97 heavy (non-hydrogen) atoms. The molecule has 0 bridgehead atoms. The van der Waals surface area contributed by atoms with Crippen LogP contribution in [0.1, 0.15) is 31.1 Å². The van der Waals surface area contributed by atoms with Crippen molar-refractivity contribution in [2.75, 3.05) is 49.4 Å². The second kappa shape index (κ2) is 26.2. The Morgan fingerprint density at radius 1 is 0.536 bits per heavy atom. The van der Waals surface area contributed by atoms with Crippen LogP contribution in [0.4, 0.5) is 23.7 Å². The first-order valence-corrected chi connectivity index (χ1v) is 36.4. The van der Waals surface area contributed by atoms with Gasteiger partial charge < -0.3 is 91.9 Å². The zero-order valence-corrected chi connectivity index (χ0v) is 54.1. The molecule has 4 aliphatic rings. The number of hydrogen-bond donors (Lipinski definition) is 18. The van der Waals surface area contributed by atoms with Crippen molar-refractivity contribution in [2.24, 2.45) is 13.0 Å². The van der Waals surface area contributed by atoms with Gasteiger partial charge in [-0.15, -0.1) is 0 Å². The number of aryl methyl sites for hydroxylation is 1. The van der Waals surface area contributed by atoms with Crippen molar-refractivity contribution in [1.29, 1.82) is 0 Å². The van der Waals surface area contributed by atoms with Gasteiger partial charge in [0.1, 0.15) is 72.9 Å². The van der Waals surface area contributed by atoms with Gasteiger partial charge in [-0.1, -0.05) is 12.2 Å². The van der Waals surface area contributed by atoms with E-state index in [0.29, 0.717) is 0 Å². The summed E-state index contributed by atoms with van der Waals surface area (Å²) >= 11 is 3.64. The van der Waals surface area contributed by atoms with E-state index in [-0.39, 0.29) is 68.8 Å². The van der Waals surface area contributed by atoms with E-state index in [9.17, 15) is 87.4 Å². The Morgan fingerprint density at radius 2 is 1.01 bits per heavy atom. The summed E-state index contributed by atoms with van der Waals surface area (Å²) in [5.74, 6) is -2.42. The molecule has 1 aliphatic carbocycles. The smallest absolute Gasteiger partial charge is 0.390 e. The van der Waals surface area contributed by atoms with E-state index in [0.717, 1.165) is 39.0 Å². The number of phosphoric acid groups is 4. The van der Waals surface area contributed by atoms with Gasteiger partial charge in [0.2, 0.25) is 30.4 Å². The maximum absolute atomic E-state index is 14.2. The summed E-state index contributed by atoms with van der Waals surface area (Å²) in [6.45, 7) is -10.1. The van der Waals surface area contributed by atoms with Crippen molar-refractivity contribution in [3.8, 4) is 0 Å². The zero-order valence-electron chi connectivity index (χ0n) is 48.7. The Balaban J connectivity index is 0.732. The number of nitrogens with two attached hydrogens (primary N) is 4. The molecule has 11 heterocycles. The number of thiol groups is 1. The average molecular weight is 1490 g/mol. The highest BCUT2D eigenvalue weighted by Gasteiger charge is 2.55. The lowest BCUT2D eigenvalue weighted by molar-refractivity contribution is -0.646. The van der Waals surface area contributed by atoms with E-state index in [1.165, 1.54) is 22.5 Å². The number of fused-ring (bicyclic) bond motifs is 4. The summed E-state index contributed by atoms with van der Waals surface area (Å²) < 4.78 is 131. The number of anilines is 4. The molecule has 0 spiro atoms. The first-order chi connectivity index (χ1) is 45.5. The topological polar surface area (TPSA) is 719 Å². The van der Waals surface area contributed by atoms with Crippen LogP contribution < -0.4 is 44.2 Å². The fourth-order valence-electron chi connectivity index (χ4n) is 11.3. The van der Waals surface area contributed by atoms with Crippen LogP contribution in [0.2, 0.25) is 0 Å². The highest BCUT2D eigenvalue weighted by Crippen LogP contribution is 2.71. The van der Waals surface area contributed by atoms with Crippen LogP contribution in [-0.2, 0) is 79.8 Å². The van der Waals surface area contributed by atoms with Crippen LogP contribution in [0.25, 0.3) is 44.7 Å². The standard InChI is InChI=1S/C42H55N20O29P5S/c1-58-11-62(33-20(58)36(71)57-42(46)54-33)37-24(66)23(65)14(85-37)4-83-94(76,77)90-95(78,79)91-96(80,97)84-6-16-28(25(67)38(87-16)60-9-49-17-29(43)47-7-48-30(17)60)89-93(74,75)82-5-15-27(26(68)39(86-15)61-10-51-19-32(61)53-41(45)56-35(19)70)88-92(72,73)81-3-12-2-13(22(64)21(12)63)59-8-50-18-31(59)52-40(44)55-34(18)69/h7-16,21-28,37-39,63-68H,2-6H2,1H3,(H15-,43,44,45,46,47,48,52,53,54,55,56,57,69,70,71,72,73,74,75,76,77,78,79,80,97)/p+1/t12-,13-,14-,15-,16-,21?,22-,23?,24+,25+,26+,27?,28?,37-,38-,39-,96+/m1/s1. The van der Waals surface area contributed by atoms with E-state index in [1.54, 1.807) is 0 Å². The Morgan fingerprint density at radius 3 is 1.61 bits per heavy atom. The molecule has 0 amide bonds. The largest absolute Gasteiger partial charge is 0.488 e. The van der Waals surface area contributed by atoms with Gasteiger partial charge in [-0.05, 0) is 6.42 Å². The van der Waals surface area contributed by atoms with Crippen molar-refractivity contribution < 1.29 is 128 Å². The second-order valence-corrected chi connectivity index (χ2v) is 30.8. The number of nitrogens with one attached hydrogen (secondary N) is 3. The molecule has 0 aromatic carbocycles. The lowest BCUT2D eigenvalue weighted by atomic mass is 10.1. The molecule has 8 aromatic rings. The number of imidazole rings is 4. The SMILES string of the molecule is C[n+]1cn([C@@H]2O[C@H](COP(=O)(O)OP(=O)(O)O[P@@](=O)(S)OC[C@H]3O[C@@H](n4cnc5c(N)ncnc54)[C@@H](O)C3OP(=O)(O)OC[C@H]3O[C@@H](n4cnc5c(=O)[nH]c(N)nc54)[C@@H](O)C3OP(=O)(O)OC[C@H]3C[C@@H](n4cnc5c(=O)[nH]c(N)nc54)[C@@H](O)C3O)C(O)[C@@H]2O)c2nc(N)[nH]c(=O)c21. The van der Waals surface area contributed by atoms with Crippen molar-refractivity contribution in [1.82, 2.24) is 73.1 Å². The molecule has 21 N–H and O–H groups in total. The fraction of sp³-hybridized carbons (Fsp3) is 0.524. The van der Waals surface area contributed by atoms with E-state index in [4.69, 9.17) is 64.3 Å². The normalized spacial score (nSPS) is 30.9. The molecule has 0 radical (unpaired) electrons. The summed E-state index contributed by atoms with van der Waals surface area (Å²) in [5, 5.41) is 67.5. The maximum atomic E-state index is 14.2. The number of aromatic nitrogens is 16. The van der Waals surface area contributed by atoms with Gasteiger partial charge in [0.05, 0.1) is 64.6 Å². The van der Waals surface area contributed by atoms with E-state index in [1.807, 2.05) is 0 Å². The molecule has 8 aromatic heterocycles. The highest BCUT2D eigenvalue weighted by molar-refractivity contribution is 8.45. The number of hydrogen-bond acceptors (Lipinski definition) is 37. The molecule has 4 fully saturated rings. The molecular weight excluding hydrogens is 1440 g/mol. The van der Waals surface area contributed by atoms with Crippen molar-refractivity contribution in [2.45, 2.75) is 98.3 Å². The van der Waals surface area contributed by atoms with Crippen LogP contribution in [0, 0.1) is 5.92 Å². The van der Waals surface area contributed by atoms with Gasteiger partial charge in [0, 0.05) is 5.92 Å². The predicted octanol–water partition coefficient (Wildman–Crippen LogP) is -5.29. The van der Waals surface area contributed by atoms with E-state index in [2.05, 4.69) is 75.7 Å². The Labute approximate surface area is 540 Å². The van der Waals surface area contributed by atoms with Gasteiger partial charge >= 0.3 is 43.6 Å². The number of aromatic amines is 3. The van der Waals surface area contributed by atoms with Crippen LogP contribution in [0.15, 0.2) is 46.0 Å². The molecule has 12 rings (SSSR count). The summed E-state index contributed by atoms with van der Waals surface area (Å²) in [7, 11) is -22.0. The summed E-state index contributed by atoms with van der Waals surface area (Å²) in [4.78, 5) is 120. The average Bonchev–Trinajstić information content (AvgIpc) is 1.63. The maximum Gasteiger partial charge on any atom is 0.488 e. The summed E-state index contributed by atoms with van der Waals surface area (Å²) in [5.41, 5.74) is 19.6. The third kappa shape index (κ3) is 14.1. The highest BCUT2D eigenvalue weighted by atomic mass is 32.7. The van der Waals surface area contributed by atoms with E-state index >= 15 is 0 Å². The van der Waals surface area contributed by atoms with Crippen molar-refractivity contribution in [3.05, 3.63) is 62.7 Å². The lowest BCUT2D eigenvalue weighted by Crippen LogP contribution is -2.37. The van der Waals surface area contributed by atoms with Gasteiger partial charge in [-0.25, -0.2) is 52.3 Å². The number of ether oxygens (including phenoxy) is 3. The van der Waals surface area contributed by atoms with Gasteiger partial charge in [0.25, 0.3) is 22.3 Å². The van der Waals surface area contributed by atoms with Crippen molar-refractivity contribution in [3.63, 3.8) is 0 Å². The number of nitrogens with zero attached hydrogens (tertiary/aromatic N) is 13. The molecule has 1 saturated carbocycles. The zero-order chi connectivity index (χ0) is 69.9. The van der Waals surface area contributed by atoms with Gasteiger partial charge in [-0.2, -0.15) is 28.1 Å². The number of aliphatic hydroxyl groups is 6. The first kappa shape index (κ1) is 70.3. The second-order valence-electron chi connectivity index (χ2n) is 21.9. The van der Waals surface area contributed by atoms with Crippen LogP contribution in [0.3, 0.4) is 0 Å². The number of H-pyrrole nitrogens is 3. The number of phosphoric ester groups is 3. The summed E-state index contributed by atoms with van der Waals surface area (Å²) in [6.07, 6.45) is -21.5. The summed E-state index contributed by atoms with van der Waals surface area (Å²) in [6, 6.07) is -1.06. The molecule has 49 nitrogen and oxygen atoms in total. The van der Waals surface area contributed by atoms with Crippen LogP contribution >= 0.6 is 50.3 Å². The number of nitrogen functional groups attached to an aromatic ring is 4. The Kier molecular flexibility index (Phi) is 19.0. The third-order valence-electron chi connectivity index (χ3n) is 15.6. The number of aliphatic hydroxyl groups excluding tert-OH is 6. The molecule has 8 unspecified atom stereocenters. The lowest BCUT2D eigenvalue weighted by Gasteiger charge is -2.26. The van der Waals surface area contributed by atoms with Crippen LogP contribution in [-0.4, -0.2) is 217 Å². The van der Waals surface area contributed by atoms with Crippen LogP contribution in [0.5, 0.6) is 0 Å². The predicted molar refractivity (Wildman–Crippen MR) is 317 cm³/mol. The molecule has 3 aliphatic heterocycles. The molecule has 528 valence electrons. The Bertz CT molecular complexity index is 4810. The van der Waals surface area contributed by atoms with Gasteiger partial charge in [-0.3, -0.25) is 65.6 Å². The van der Waals surface area contributed by atoms with Gasteiger partial charge in [0.15, 0.2) is 46.2 Å². The number of rotatable bonds is 24. The fourth-order valence-corrected chi connectivity index (χ4v) is 17.8. The third-order valence-corrected chi connectivity index (χ3v) is 22.8. The Hall–Kier alpha value is -6.54. The quantitative estimate of drug-likeness (QED) is 0.0153. The minimum absolute atomic E-state index is 0.0448. The monoisotopic (exact) mass is 1490 g/mol. The molecule has 3 saturated heterocycles. The van der Waals surface area contributed by atoms with E-state index < -0.39 is 185 Å². The first-order valence-electron chi connectivity index (χ1n) is 27.7.